The molecular weight excluding hydrogens is 707 g/mol. The van der Waals surface area contributed by atoms with E-state index in [4.69, 9.17) is 18.5 Å². The molecule has 6 unspecified atom stereocenters. The quantitative estimate of drug-likeness (QED) is 0.0174. The molecule has 8 atom stereocenters. The van der Waals surface area contributed by atoms with Crippen LogP contribution in [0.25, 0.3) is 0 Å². The van der Waals surface area contributed by atoms with Crippen LogP contribution in [0.4, 0.5) is 0 Å². The van der Waals surface area contributed by atoms with E-state index in [1.165, 1.54) is 83.5 Å². The lowest BCUT2D eigenvalue weighted by atomic mass is 9.85. The summed E-state index contributed by atoms with van der Waals surface area (Å²) in [6.07, 6.45) is 14.7. The van der Waals surface area contributed by atoms with E-state index in [2.05, 4.69) is 13.5 Å². The fourth-order valence-electron chi connectivity index (χ4n) is 6.38. The van der Waals surface area contributed by atoms with Crippen LogP contribution >= 0.6 is 7.82 Å². The Bertz CT molecular complexity index is 982. The summed E-state index contributed by atoms with van der Waals surface area (Å²) in [4.78, 5) is 35.4. The Kier molecular flexibility index (Phi) is 28.8. The number of esters is 2. The van der Waals surface area contributed by atoms with Crippen LogP contribution in [-0.4, -0.2) is 98.3 Å². The predicted molar refractivity (Wildman–Crippen MR) is 203 cm³/mol. The summed E-state index contributed by atoms with van der Waals surface area (Å²) >= 11 is 0. The highest BCUT2D eigenvalue weighted by atomic mass is 31.2. The number of rotatable bonds is 34. The van der Waals surface area contributed by atoms with Crippen LogP contribution in [0, 0.1) is 0 Å². The molecule has 0 spiro atoms. The molecule has 0 aromatic rings. The first-order chi connectivity index (χ1) is 25.4. The summed E-state index contributed by atoms with van der Waals surface area (Å²) in [5, 5.41) is 49.9. The summed E-state index contributed by atoms with van der Waals surface area (Å²) in [6.45, 7) is 4.78. The largest absolute Gasteiger partial charge is 0.472 e. The summed E-state index contributed by atoms with van der Waals surface area (Å²) in [6, 6.07) is 0. The van der Waals surface area contributed by atoms with Gasteiger partial charge in [0.1, 0.15) is 43.2 Å². The molecule has 14 heteroatoms. The monoisotopic (exact) mass is 780 g/mol. The molecule has 1 aliphatic rings. The van der Waals surface area contributed by atoms with E-state index >= 15 is 0 Å². The topological polar surface area (TPSA) is 210 Å². The first-order valence-corrected chi connectivity index (χ1v) is 21.9. The Morgan fingerprint density at radius 3 is 1.45 bits per heavy atom. The number of hydrogen-bond acceptors (Lipinski definition) is 12. The van der Waals surface area contributed by atoms with Crippen LogP contribution < -0.4 is 0 Å². The van der Waals surface area contributed by atoms with Gasteiger partial charge < -0.3 is 39.9 Å². The molecule has 1 fully saturated rings. The van der Waals surface area contributed by atoms with Gasteiger partial charge >= 0.3 is 19.8 Å². The summed E-state index contributed by atoms with van der Waals surface area (Å²) in [5.41, 5.74) is 0. The minimum Gasteiger partial charge on any atom is -0.462 e. The zero-order valence-electron chi connectivity index (χ0n) is 32.4. The molecule has 13 nitrogen and oxygen atoms in total. The first kappa shape index (κ1) is 49.6. The molecule has 0 aromatic heterocycles. The van der Waals surface area contributed by atoms with E-state index in [9.17, 15) is 44.6 Å². The molecule has 1 aliphatic carbocycles. The van der Waals surface area contributed by atoms with Crippen LogP contribution in [0.15, 0.2) is 12.7 Å². The third-order valence-electron chi connectivity index (χ3n) is 9.75. The van der Waals surface area contributed by atoms with Gasteiger partial charge in [0.05, 0.1) is 6.61 Å². The van der Waals surface area contributed by atoms with Crippen molar-refractivity contribution in [2.75, 3.05) is 13.2 Å². The maximum absolute atomic E-state index is 12.7. The average molecular weight is 781 g/mol. The van der Waals surface area contributed by atoms with Crippen molar-refractivity contribution in [1.29, 1.82) is 0 Å². The smallest absolute Gasteiger partial charge is 0.462 e. The number of hydrogen-bond donors (Lipinski definition) is 6. The molecule has 0 radical (unpaired) electrons. The van der Waals surface area contributed by atoms with Gasteiger partial charge in [-0.25, -0.2) is 4.57 Å². The minimum atomic E-state index is -5.10. The van der Waals surface area contributed by atoms with Crippen molar-refractivity contribution in [2.24, 2.45) is 0 Å². The van der Waals surface area contributed by atoms with Crippen molar-refractivity contribution >= 4 is 19.8 Å². The van der Waals surface area contributed by atoms with Crippen molar-refractivity contribution in [3.63, 3.8) is 0 Å². The number of unbranched alkanes of at least 4 members (excludes halogenated alkanes) is 21. The second kappa shape index (κ2) is 30.8. The fraction of sp³-hybridized carbons (Fsp3) is 0.897. The standard InChI is InChI=1S/C39H73O13P/c1-3-5-7-9-11-13-14-15-16-17-18-20-22-24-26-28-33(41)51-31(29-49-32(40)27-25-23-21-19-12-10-8-6-4-2)30-50-53(47,48)52-39-37(45)35(43)34(42)36(44)38(39)46/h3,31,34-39,42-46H,1,4-30H2,2H3,(H,47,48)/t31-,34?,35+,36?,37?,38?,39?/m1/s1. The summed E-state index contributed by atoms with van der Waals surface area (Å²) in [5.74, 6) is -1.10. The Hall–Kier alpha value is -1.41. The SMILES string of the molecule is C=CCCCCCCCCCCCCCCCC(=O)O[C@H](COC(=O)CCCCCCCCCCC)COP(=O)(O)OC1C(O)C(O)C(O)[C@H](O)C1O. The molecule has 1 saturated carbocycles. The molecule has 0 bridgehead atoms. The van der Waals surface area contributed by atoms with Crippen molar-refractivity contribution in [1.82, 2.24) is 0 Å². The van der Waals surface area contributed by atoms with Crippen molar-refractivity contribution < 1.29 is 63.1 Å². The lowest BCUT2D eigenvalue weighted by molar-refractivity contribution is -0.220. The van der Waals surface area contributed by atoms with Gasteiger partial charge in [0.15, 0.2) is 6.10 Å². The van der Waals surface area contributed by atoms with Crippen molar-refractivity contribution in [2.45, 2.75) is 210 Å². The van der Waals surface area contributed by atoms with Crippen molar-refractivity contribution in [3.05, 3.63) is 12.7 Å². The van der Waals surface area contributed by atoms with E-state index in [1.807, 2.05) is 6.08 Å². The maximum atomic E-state index is 12.7. The molecule has 0 saturated heterocycles. The highest BCUT2D eigenvalue weighted by Crippen LogP contribution is 2.47. The van der Waals surface area contributed by atoms with Gasteiger partial charge in [0.2, 0.25) is 0 Å². The van der Waals surface area contributed by atoms with Gasteiger partial charge in [-0.1, -0.05) is 135 Å². The van der Waals surface area contributed by atoms with Gasteiger partial charge in [0.25, 0.3) is 0 Å². The van der Waals surface area contributed by atoms with Crippen molar-refractivity contribution in [3.8, 4) is 0 Å². The molecule has 53 heavy (non-hydrogen) atoms. The Morgan fingerprint density at radius 2 is 1.00 bits per heavy atom. The Morgan fingerprint density at radius 1 is 0.604 bits per heavy atom. The number of ether oxygens (including phenoxy) is 2. The summed E-state index contributed by atoms with van der Waals surface area (Å²) < 4.78 is 33.3. The van der Waals surface area contributed by atoms with Gasteiger partial charge in [-0.05, 0) is 25.7 Å². The number of carbonyl (C=O) groups excluding carboxylic acids is 2. The van der Waals surface area contributed by atoms with Crippen LogP contribution in [0.5, 0.6) is 0 Å². The lowest BCUT2D eigenvalue weighted by Gasteiger charge is -2.41. The van der Waals surface area contributed by atoms with Crippen LogP contribution in [-0.2, 0) is 32.7 Å². The van der Waals surface area contributed by atoms with E-state index < -0.39 is 75.7 Å². The van der Waals surface area contributed by atoms with E-state index in [-0.39, 0.29) is 12.8 Å². The van der Waals surface area contributed by atoms with Gasteiger partial charge in [0, 0.05) is 12.8 Å². The zero-order chi connectivity index (χ0) is 39.3. The number of phosphoric acid groups is 1. The van der Waals surface area contributed by atoms with Crippen LogP contribution in [0.2, 0.25) is 0 Å². The molecule has 312 valence electrons. The third kappa shape index (κ3) is 24.0. The molecule has 6 N–H and O–H groups in total. The second-order valence-electron chi connectivity index (χ2n) is 14.6. The number of carbonyl (C=O) groups is 2. The van der Waals surface area contributed by atoms with Gasteiger partial charge in [-0.15, -0.1) is 6.58 Å². The highest BCUT2D eigenvalue weighted by Gasteiger charge is 2.51. The molecule has 0 aliphatic heterocycles. The lowest BCUT2D eigenvalue weighted by Crippen LogP contribution is -2.64. The van der Waals surface area contributed by atoms with E-state index in [1.54, 1.807) is 0 Å². The number of phosphoric ester groups is 1. The maximum Gasteiger partial charge on any atom is 0.472 e. The molecule has 1 rings (SSSR count). The number of aliphatic hydroxyl groups excluding tert-OH is 5. The molecular formula is C39H73O13P. The van der Waals surface area contributed by atoms with Crippen LogP contribution in [0.3, 0.4) is 0 Å². The van der Waals surface area contributed by atoms with Crippen LogP contribution in [0.1, 0.15) is 167 Å². The molecule has 0 amide bonds. The predicted octanol–water partition coefficient (Wildman–Crippen LogP) is 6.72. The normalized spacial score (nSPS) is 23.3. The Labute approximate surface area is 318 Å². The summed E-state index contributed by atoms with van der Waals surface area (Å²) in [7, 11) is -5.10. The first-order valence-electron chi connectivity index (χ1n) is 20.5. The van der Waals surface area contributed by atoms with Gasteiger partial charge in [-0.3, -0.25) is 18.6 Å². The highest BCUT2D eigenvalue weighted by molar-refractivity contribution is 7.47. The number of aliphatic hydroxyl groups is 5. The Balaban J connectivity index is 2.49. The third-order valence-corrected chi connectivity index (χ3v) is 10.7. The molecule has 0 heterocycles. The second-order valence-corrected chi connectivity index (χ2v) is 16.0. The van der Waals surface area contributed by atoms with E-state index in [0.29, 0.717) is 12.8 Å². The minimum absolute atomic E-state index is 0.0987. The van der Waals surface area contributed by atoms with Gasteiger partial charge in [-0.2, -0.15) is 0 Å². The average Bonchev–Trinajstić information content (AvgIpc) is 3.13. The zero-order valence-corrected chi connectivity index (χ0v) is 33.3. The van der Waals surface area contributed by atoms with E-state index in [0.717, 1.165) is 51.4 Å². The number of allylic oxidation sites excluding steroid dienone is 1. The fourth-order valence-corrected chi connectivity index (χ4v) is 7.36. The molecule has 0 aromatic carbocycles.